The molecule has 1 saturated heterocycles. The molecule has 1 fully saturated rings. The van der Waals surface area contributed by atoms with E-state index < -0.39 is 15.9 Å². The van der Waals surface area contributed by atoms with Crippen molar-refractivity contribution in [1.82, 2.24) is 14.9 Å². The van der Waals surface area contributed by atoms with E-state index in [0.717, 1.165) is 21.5 Å². The fourth-order valence-corrected chi connectivity index (χ4v) is 6.27. The summed E-state index contributed by atoms with van der Waals surface area (Å²) in [6.45, 7) is 2.97. The largest absolute Gasteiger partial charge is 0.355 e. The van der Waals surface area contributed by atoms with Crippen LogP contribution in [0.25, 0.3) is 0 Å². The van der Waals surface area contributed by atoms with Crippen molar-refractivity contribution in [2.75, 3.05) is 26.2 Å². The Labute approximate surface area is 160 Å². The van der Waals surface area contributed by atoms with Gasteiger partial charge in [0.1, 0.15) is 4.21 Å². The zero-order valence-electron chi connectivity index (χ0n) is 14.0. The van der Waals surface area contributed by atoms with E-state index in [1.165, 1.54) is 4.31 Å². The van der Waals surface area contributed by atoms with Gasteiger partial charge in [-0.15, -0.1) is 11.3 Å². The fraction of sp³-hybridized carbons (Fsp3) is 0.600. The minimum atomic E-state index is -3.59. The van der Waals surface area contributed by atoms with Gasteiger partial charge in [0.2, 0.25) is 11.8 Å². The Morgan fingerprint density at radius 1 is 1.36 bits per heavy atom. The van der Waals surface area contributed by atoms with Gasteiger partial charge < -0.3 is 10.6 Å². The van der Waals surface area contributed by atoms with E-state index in [2.05, 4.69) is 26.6 Å². The van der Waals surface area contributed by atoms with Crippen LogP contribution in [0, 0.1) is 5.92 Å². The van der Waals surface area contributed by atoms with Crippen LogP contribution in [-0.2, 0) is 19.6 Å². The molecule has 0 aliphatic carbocycles. The van der Waals surface area contributed by atoms with Gasteiger partial charge in [-0.25, -0.2) is 8.42 Å². The first-order chi connectivity index (χ1) is 11.8. The molecule has 0 saturated carbocycles. The van der Waals surface area contributed by atoms with E-state index in [1.54, 1.807) is 12.1 Å². The molecule has 1 aromatic rings. The van der Waals surface area contributed by atoms with Crippen molar-refractivity contribution in [3.05, 3.63) is 15.9 Å². The number of amides is 2. The number of rotatable bonds is 7. The number of piperidine rings is 1. The molecule has 1 aromatic heterocycles. The van der Waals surface area contributed by atoms with E-state index in [0.29, 0.717) is 25.9 Å². The number of hydrogen-bond acceptors (Lipinski definition) is 5. The summed E-state index contributed by atoms with van der Waals surface area (Å²) in [5.41, 5.74) is 0. The van der Waals surface area contributed by atoms with Crippen LogP contribution in [0.2, 0.25) is 0 Å². The molecule has 0 radical (unpaired) electrons. The van der Waals surface area contributed by atoms with Gasteiger partial charge in [-0.2, -0.15) is 4.31 Å². The number of nitrogens with zero attached hydrogens (tertiary/aromatic N) is 1. The zero-order valence-corrected chi connectivity index (χ0v) is 17.2. The van der Waals surface area contributed by atoms with Crippen LogP contribution >= 0.6 is 27.3 Å². The van der Waals surface area contributed by atoms with E-state index in [4.69, 9.17) is 0 Å². The highest BCUT2D eigenvalue weighted by molar-refractivity contribution is 9.11. The lowest BCUT2D eigenvalue weighted by Gasteiger charge is -2.30. The SMILES string of the molecule is CCCNC(=O)CNC(=O)C1CCCN(S(=O)(=O)c2ccc(Br)s2)C1. The molecule has 2 rings (SSSR count). The molecule has 1 atom stereocenters. The number of hydrogen-bond donors (Lipinski definition) is 2. The summed E-state index contributed by atoms with van der Waals surface area (Å²) in [5, 5.41) is 5.28. The van der Waals surface area contributed by atoms with Crippen LogP contribution in [0.1, 0.15) is 26.2 Å². The molecule has 10 heteroatoms. The van der Waals surface area contributed by atoms with Gasteiger partial charge in [0.15, 0.2) is 0 Å². The van der Waals surface area contributed by atoms with Crippen molar-refractivity contribution < 1.29 is 18.0 Å². The number of sulfonamides is 1. The summed E-state index contributed by atoms with van der Waals surface area (Å²) < 4.78 is 27.7. The number of halogens is 1. The predicted molar refractivity (Wildman–Crippen MR) is 99.8 cm³/mol. The third-order valence-corrected chi connectivity index (χ3v) is 7.85. The molecule has 2 N–H and O–H groups in total. The molecule has 0 bridgehead atoms. The lowest BCUT2D eigenvalue weighted by atomic mass is 9.99. The first kappa shape index (κ1) is 20.3. The summed E-state index contributed by atoms with van der Waals surface area (Å²) in [5.74, 6) is -0.955. The topological polar surface area (TPSA) is 95.6 Å². The maximum absolute atomic E-state index is 12.7. The Kier molecular flexibility index (Phi) is 7.41. The summed E-state index contributed by atoms with van der Waals surface area (Å²) in [6.07, 6.45) is 2.06. The van der Waals surface area contributed by atoms with Gasteiger partial charge in [-0.1, -0.05) is 6.92 Å². The van der Waals surface area contributed by atoms with Crippen LogP contribution in [0.5, 0.6) is 0 Å². The van der Waals surface area contributed by atoms with Crippen molar-refractivity contribution in [2.24, 2.45) is 5.92 Å². The van der Waals surface area contributed by atoms with E-state index in [-0.39, 0.29) is 29.1 Å². The van der Waals surface area contributed by atoms with Crippen LogP contribution < -0.4 is 10.6 Å². The second kappa shape index (κ2) is 9.11. The number of carbonyl (C=O) groups excluding carboxylic acids is 2. The predicted octanol–water partition coefficient (Wildman–Crippen LogP) is 1.55. The molecule has 0 aromatic carbocycles. The smallest absolute Gasteiger partial charge is 0.252 e. The molecular weight excluding hydrogens is 430 g/mol. The Bertz CT molecular complexity index is 720. The van der Waals surface area contributed by atoms with Crippen molar-refractivity contribution in [3.63, 3.8) is 0 Å². The highest BCUT2D eigenvalue weighted by Gasteiger charge is 2.34. The van der Waals surface area contributed by atoms with Crippen LogP contribution in [0.3, 0.4) is 0 Å². The zero-order chi connectivity index (χ0) is 18.4. The van der Waals surface area contributed by atoms with E-state index in [9.17, 15) is 18.0 Å². The van der Waals surface area contributed by atoms with Gasteiger partial charge in [-0.3, -0.25) is 9.59 Å². The minimum absolute atomic E-state index is 0.0834. The van der Waals surface area contributed by atoms with Gasteiger partial charge in [-0.05, 0) is 47.3 Å². The molecule has 2 amide bonds. The number of carbonyl (C=O) groups is 2. The second-order valence-electron chi connectivity index (χ2n) is 5.83. The minimum Gasteiger partial charge on any atom is -0.355 e. The molecule has 1 aliphatic rings. The summed E-state index contributed by atoms with van der Waals surface area (Å²) in [7, 11) is -3.59. The van der Waals surface area contributed by atoms with Crippen LogP contribution in [-0.4, -0.2) is 50.7 Å². The first-order valence-corrected chi connectivity index (χ1v) is 11.2. The number of nitrogens with one attached hydrogen (secondary N) is 2. The first-order valence-electron chi connectivity index (χ1n) is 8.14. The Balaban J connectivity index is 1.94. The van der Waals surface area contributed by atoms with E-state index in [1.807, 2.05) is 6.92 Å². The standard InChI is InChI=1S/C15H22BrN3O4S2/c1-2-7-17-13(20)9-18-15(21)11-4-3-8-19(10-11)25(22,23)14-6-5-12(16)24-14/h5-6,11H,2-4,7-10H2,1H3,(H,17,20)(H,18,21). The van der Waals surface area contributed by atoms with Crippen molar-refractivity contribution >= 4 is 49.1 Å². The number of thiophene rings is 1. The third kappa shape index (κ3) is 5.50. The van der Waals surface area contributed by atoms with Crippen molar-refractivity contribution in [1.29, 1.82) is 0 Å². The highest BCUT2D eigenvalue weighted by Crippen LogP contribution is 2.30. The Morgan fingerprint density at radius 3 is 2.76 bits per heavy atom. The molecule has 2 heterocycles. The van der Waals surface area contributed by atoms with Gasteiger partial charge >= 0.3 is 0 Å². The molecule has 25 heavy (non-hydrogen) atoms. The normalized spacial score (nSPS) is 18.7. The summed E-state index contributed by atoms with van der Waals surface area (Å²) >= 11 is 4.42. The Hall–Kier alpha value is -0.970. The molecule has 140 valence electrons. The Morgan fingerprint density at radius 2 is 2.12 bits per heavy atom. The molecule has 1 unspecified atom stereocenters. The average molecular weight is 452 g/mol. The fourth-order valence-electron chi connectivity index (χ4n) is 2.58. The molecular formula is C15H22BrN3O4S2. The highest BCUT2D eigenvalue weighted by atomic mass is 79.9. The maximum atomic E-state index is 12.7. The molecule has 7 nitrogen and oxygen atoms in total. The third-order valence-electron chi connectivity index (χ3n) is 3.89. The van der Waals surface area contributed by atoms with Crippen molar-refractivity contribution in [2.45, 2.75) is 30.4 Å². The molecule has 1 aliphatic heterocycles. The van der Waals surface area contributed by atoms with Gasteiger partial charge in [0.05, 0.1) is 16.2 Å². The summed E-state index contributed by atoms with van der Waals surface area (Å²) in [4.78, 5) is 23.8. The average Bonchev–Trinajstić information content (AvgIpc) is 3.05. The maximum Gasteiger partial charge on any atom is 0.252 e. The van der Waals surface area contributed by atoms with Crippen LogP contribution in [0.15, 0.2) is 20.1 Å². The second-order valence-corrected chi connectivity index (χ2v) is 10.5. The molecule has 0 spiro atoms. The van der Waals surface area contributed by atoms with Gasteiger partial charge in [0.25, 0.3) is 10.0 Å². The van der Waals surface area contributed by atoms with E-state index >= 15 is 0 Å². The lowest BCUT2D eigenvalue weighted by molar-refractivity contribution is -0.129. The van der Waals surface area contributed by atoms with Crippen LogP contribution in [0.4, 0.5) is 0 Å². The van der Waals surface area contributed by atoms with Gasteiger partial charge in [0, 0.05) is 19.6 Å². The quantitative estimate of drug-likeness (QED) is 0.657. The monoisotopic (exact) mass is 451 g/mol. The lowest BCUT2D eigenvalue weighted by Crippen LogP contribution is -2.47. The van der Waals surface area contributed by atoms with Crippen molar-refractivity contribution in [3.8, 4) is 0 Å². The summed E-state index contributed by atoms with van der Waals surface area (Å²) in [6, 6.07) is 3.26.